The fraction of sp³-hybridized carbons (Fsp3) is 0.250. The lowest BCUT2D eigenvalue weighted by molar-refractivity contribution is -0.163. The summed E-state index contributed by atoms with van der Waals surface area (Å²) in [7, 11) is 0. The molecule has 21 heavy (non-hydrogen) atoms. The van der Waals surface area contributed by atoms with Crippen LogP contribution >= 0.6 is 11.6 Å². The Hall–Kier alpha value is -2.09. The number of aromatic nitrogens is 3. The van der Waals surface area contributed by atoms with Crippen LogP contribution in [0.4, 0.5) is 13.2 Å². The summed E-state index contributed by atoms with van der Waals surface area (Å²) in [6, 6.07) is 3.00. The van der Waals surface area contributed by atoms with E-state index in [1.54, 1.807) is 0 Å². The zero-order chi connectivity index (χ0) is 15.5. The summed E-state index contributed by atoms with van der Waals surface area (Å²) in [5.41, 5.74) is -0.0983. The van der Waals surface area contributed by atoms with Gasteiger partial charge in [0.05, 0.1) is 0 Å². The van der Waals surface area contributed by atoms with E-state index in [1.807, 2.05) is 5.32 Å². The Kier molecular flexibility index (Phi) is 4.46. The largest absolute Gasteiger partial charge is 0.412 e. The SMILES string of the molecule is O=C(Cn1cncn1)N[C@H](c1ccc(Cl)cc1)C(F)(F)F. The minimum Gasteiger partial charge on any atom is -0.339 e. The smallest absolute Gasteiger partial charge is 0.339 e. The minimum atomic E-state index is -4.62. The molecular weight excluding hydrogens is 309 g/mol. The number of amides is 1. The van der Waals surface area contributed by atoms with Gasteiger partial charge in [0.15, 0.2) is 6.04 Å². The number of benzene rings is 1. The number of alkyl halides is 3. The molecule has 0 unspecified atom stereocenters. The Bertz CT molecular complexity index is 598. The molecule has 5 nitrogen and oxygen atoms in total. The molecule has 0 spiro atoms. The molecule has 2 aromatic rings. The molecule has 0 fully saturated rings. The summed E-state index contributed by atoms with van der Waals surface area (Å²) >= 11 is 5.64. The number of carbonyl (C=O) groups is 1. The van der Waals surface area contributed by atoms with E-state index in [9.17, 15) is 18.0 Å². The van der Waals surface area contributed by atoms with Crippen LogP contribution in [0.5, 0.6) is 0 Å². The molecule has 1 atom stereocenters. The van der Waals surface area contributed by atoms with E-state index in [0.717, 1.165) is 4.68 Å². The number of nitrogens with zero attached hydrogens (tertiary/aromatic N) is 3. The molecule has 1 aromatic carbocycles. The van der Waals surface area contributed by atoms with Crippen LogP contribution in [0.1, 0.15) is 11.6 Å². The van der Waals surface area contributed by atoms with Crippen LogP contribution in [0.15, 0.2) is 36.9 Å². The number of carbonyl (C=O) groups excluding carboxylic acids is 1. The van der Waals surface area contributed by atoms with Crippen molar-refractivity contribution in [2.24, 2.45) is 0 Å². The molecule has 0 aliphatic heterocycles. The van der Waals surface area contributed by atoms with Crippen molar-refractivity contribution in [3.63, 3.8) is 0 Å². The molecule has 2 rings (SSSR count). The second-order valence-corrected chi connectivity index (χ2v) is 4.62. The second kappa shape index (κ2) is 6.13. The number of nitrogens with one attached hydrogen (secondary N) is 1. The van der Waals surface area contributed by atoms with Gasteiger partial charge in [-0.1, -0.05) is 23.7 Å². The summed E-state index contributed by atoms with van der Waals surface area (Å²) in [6.45, 7) is -0.347. The maximum absolute atomic E-state index is 13.1. The zero-order valence-electron chi connectivity index (χ0n) is 10.5. The Morgan fingerprint density at radius 1 is 1.33 bits per heavy atom. The van der Waals surface area contributed by atoms with Gasteiger partial charge in [-0.3, -0.25) is 4.79 Å². The van der Waals surface area contributed by atoms with Crippen molar-refractivity contribution in [1.29, 1.82) is 0 Å². The Balaban J connectivity index is 2.13. The van der Waals surface area contributed by atoms with E-state index in [4.69, 9.17) is 11.6 Å². The van der Waals surface area contributed by atoms with Gasteiger partial charge in [0.1, 0.15) is 19.2 Å². The molecular formula is C12H10ClF3N4O. The minimum absolute atomic E-state index is 0.0983. The second-order valence-electron chi connectivity index (χ2n) is 4.19. The van der Waals surface area contributed by atoms with Crippen molar-refractivity contribution in [3.05, 3.63) is 47.5 Å². The van der Waals surface area contributed by atoms with E-state index in [1.165, 1.54) is 36.9 Å². The van der Waals surface area contributed by atoms with Crippen molar-refractivity contribution in [1.82, 2.24) is 20.1 Å². The first kappa shape index (κ1) is 15.3. The van der Waals surface area contributed by atoms with Crippen molar-refractivity contribution in [3.8, 4) is 0 Å². The van der Waals surface area contributed by atoms with E-state index >= 15 is 0 Å². The fourth-order valence-corrected chi connectivity index (χ4v) is 1.80. The van der Waals surface area contributed by atoms with E-state index in [2.05, 4.69) is 10.1 Å². The first-order chi connectivity index (χ1) is 9.86. The number of rotatable bonds is 4. The Morgan fingerprint density at radius 2 is 2.00 bits per heavy atom. The van der Waals surface area contributed by atoms with Crippen LogP contribution in [-0.2, 0) is 11.3 Å². The van der Waals surface area contributed by atoms with Crippen LogP contribution in [0, 0.1) is 0 Å². The van der Waals surface area contributed by atoms with Gasteiger partial charge in [0.25, 0.3) is 0 Å². The normalized spacial score (nSPS) is 13.0. The molecule has 0 saturated carbocycles. The van der Waals surface area contributed by atoms with Crippen molar-refractivity contribution in [2.75, 3.05) is 0 Å². The van der Waals surface area contributed by atoms with Crippen LogP contribution < -0.4 is 5.32 Å². The van der Waals surface area contributed by atoms with Crippen LogP contribution in [0.2, 0.25) is 5.02 Å². The van der Waals surface area contributed by atoms with Crippen molar-refractivity contribution < 1.29 is 18.0 Å². The summed E-state index contributed by atoms with van der Waals surface area (Å²) < 4.78 is 40.3. The highest BCUT2D eigenvalue weighted by molar-refractivity contribution is 6.30. The van der Waals surface area contributed by atoms with E-state index in [0.29, 0.717) is 5.02 Å². The highest BCUT2D eigenvalue weighted by atomic mass is 35.5. The van der Waals surface area contributed by atoms with Crippen LogP contribution in [0.25, 0.3) is 0 Å². The highest BCUT2D eigenvalue weighted by Crippen LogP contribution is 2.33. The Morgan fingerprint density at radius 3 is 2.52 bits per heavy atom. The molecule has 112 valence electrons. The lowest BCUT2D eigenvalue weighted by atomic mass is 10.1. The number of halogens is 4. The third kappa shape index (κ3) is 4.19. The molecule has 1 aromatic heterocycles. The van der Waals surface area contributed by atoms with Gasteiger partial charge >= 0.3 is 6.18 Å². The molecule has 0 aliphatic rings. The van der Waals surface area contributed by atoms with E-state index < -0.39 is 18.1 Å². The van der Waals surface area contributed by atoms with Crippen LogP contribution in [0.3, 0.4) is 0 Å². The molecule has 1 heterocycles. The third-order valence-electron chi connectivity index (χ3n) is 2.61. The molecule has 0 aliphatic carbocycles. The summed E-state index contributed by atoms with van der Waals surface area (Å²) in [5.74, 6) is -0.822. The average molecular weight is 319 g/mol. The lowest BCUT2D eigenvalue weighted by Gasteiger charge is -2.22. The van der Waals surface area contributed by atoms with Gasteiger partial charge in [-0.05, 0) is 17.7 Å². The van der Waals surface area contributed by atoms with Crippen molar-refractivity contribution >= 4 is 17.5 Å². The number of hydrogen-bond acceptors (Lipinski definition) is 3. The number of hydrogen-bond donors (Lipinski definition) is 1. The first-order valence-electron chi connectivity index (χ1n) is 5.80. The quantitative estimate of drug-likeness (QED) is 0.941. The standard InChI is InChI=1S/C12H10ClF3N4O/c13-9-3-1-8(2-4-9)11(12(14,15)16)19-10(21)5-20-7-17-6-18-20/h1-4,6-7,11H,5H2,(H,19,21)/t11-/m1/s1. The highest BCUT2D eigenvalue weighted by Gasteiger charge is 2.41. The van der Waals surface area contributed by atoms with Gasteiger partial charge < -0.3 is 5.32 Å². The maximum atomic E-state index is 13.1. The summed E-state index contributed by atoms with van der Waals surface area (Å²) in [5, 5.41) is 5.90. The monoisotopic (exact) mass is 318 g/mol. The molecule has 1 amide bonds. The van der Waals surface area contributed by atoms with Gasteiger partial charge in [0, 0.05) is 5.02 Å². The summed E-state index contributed by atoms with van der Waals surface area (Å²) in [6.07, 6.45) is -2.19. The maximum Gasteiger partial charge on any atom is 0.412 e. The molecule has 1 N–H and O–H groups in total. The summed E-state index contributed by atoms with van der Waals surface area (Å²) in [4.78, 5) is 15.3. The van der Waals surface area contributed by atoms with E-state index in [-0.39, 0.29) is 12.1 Å². The van der Waals surface area contributed by atoms with Gasteiger partial charge in [0.2, 0.25) is 5.91 Å². The predicted octanol–water partition coefficient (Wildman–Crippen LogP) is 2.35. The molecule has 0 saturated heterocycles. The van der Waals surface area contributed by atoms with Crippen LogP contribution in [-0.4, -0.2) is 26.8 Å². The topological polar surface area (TPSA) is 59.8 Å². The Labute approximate surface area is 122 Å². The predicted molar refractivity (Wildman–Crippen MR) is 68.4 cm³/mol. The van der Waals surface area contributed by atoms with Crippen molar-refractivity contribution in [2.45, 2.75) is 18.8 Å². The average Bonchev–Trinajstić information content (AvgIpc) is 2.89. The van der Waals surface area contributed by atoms with Gasteiger partial charge in [-0.25, -0.2) is 9.67 Å². The zero-order valence-corrected chi connectivity index (χ0v) is 11.3. The molecule has 0 bridgehead atoms. The first-order valence-corrected chi connectivity index (χ1v) is 6.18. The van der Waals surface area contributed by atoms with Gasteiger partial charge in [-0.2, -0.15) is 18.3 Å². The fourth-order valence-electron chi connectivity index (χ4n) is 1.68. The molecule has 9 heteroatoms. The molecule has 0 radical (unpaired) electrons. The lowest BCUT2D eigenvalue weighted by Crippen LogP contribution is -2.39. The van der Waals surface area contributed by atoms with Gasteiger partial charge in [-0.15, -0.1) is 0 Å². The third-order valence-corrected chi connectivity index (χ3v) is 2.86.